The van der Waals surface area contributed by atoms with Crippen molar-refractivity contribution in [1.82, 2.24) is 0 Å². The zero-order valence-corrected chi connectivity index (χ0v) is 7.90. The molecule has 64 valence electrons. The molecule has 0 aromatic rings. The smallest absolute Gasteiger partial charge is 0.0232 e. The van der Waals surface area contributed by atoms with Gasteiger partial charge in [0, 0.05) is 0 Å². The molecule has 0 aliphatic heterocycles. The van der Waals surface area contributed by atoms with Crippen LogP contribution in [0.25, 0.3) is 0 Å². The van der Waals surface area contributed by atoms with E-state index in [1.54, 1.807) is 5.57 Å². The third-order valence-corrected chi connectivity index (χ3v) is 2.86. The van der Waals surface area contributed by atoms with E-state index in [1.807, 2.05) is 0 Å². The van der Waals surface area contributed by atoms with Crippen LogP contribution in [0.3, 0.4) is 0 Å². The van der Waals surface area contributed by atoms with Crippen molar-refractivity contribution in [3.05, 3.63) is 11.6 Å². The summed E-state index contributed by atoms with van der Waals surface area (Å²) in [5.74, 6) is 0.861. The molecule has 1 saturated carbocycles. The van der Waals surface area contributed by atoms with Crippen molar-refractivity contribution in [1.29, 1.82) is 0 Å². The molecular weight excluding hydrogens is 132 g/mol. The molecule has 1 aliphatic rings. The molecule has 1 rings (SSSR count). The van der Waals surface area contributed by atoms with Crippen LogP contribution in [-0.2, 0) is 0 Å². The van der Waals surface area contributed by atoms with Gasteiger partial charge in [-0.3, -0.25) is 0 Å². The molecule has 0 saturated heterocycles. The van der Waals surface area contributed by atoms with Gasteiger partial charge in [-0.25, -0.2) is 0 Å². The van der Waals surface area contributed by atoms with E-state index in [1.165, 1.54) is 38.5 Å². The lowest BCUT2D eigenvalue weighted by Gasteiger charge is -2.18. The minimum atomic E-state index is 0.861. The Morgan fingerprint density at radius 1 is 1.18 bits per heavy atom. The molecule has 0 amide bonds. The molecule has 1 aliphatic carbocycles. The average molecular weight is 152 g/mol. The number of hydrogen-bond acceptors (Lipinski definition) is 0. The number of hydrogen-bond donors (Lipinski definition) is 0. The van der Waals surface area contributed by atoms with Crippen molar-refractivity contribution in [2.45, 2.75) is 52.4 Å². The van der Waals surface area contributed by atoms with Crippen molar-refractivity contribution in [2.75, 3.05) is 0 Å². The fourth-order valence-corrected chi connectivity index (χ4v) is 1.99. The first-order valence-electron chi connectivity index (χ1n) is 4.99. The number of rotatable bonds is 0. The highest BCUT2D eigenvalue weighted by Crippen LogP contribution is 2.26. The van der Waals surface area contributed by atoms with Crippen LogP contribution in [0.5, 0.6) is 0 Å². The van der Waals surface area contributed by atoms with Gasteiger partial charge in [-0.2, -0.15) is 0 Å². The van der Waals surface area contributed by atoms with Gasteiger partial charge in [0.2, 0.25) is 0 Å². The monoisotopic (exact) mass is 152 g/mol. The van der Waals surface area contributed by atoms with Crippen molar-refractivity contribution >= 4 is 0 Å². The Labute approximate surface area is 70.7 Å². The largest absolute Gasteiger partial charge is 0.0882 e. The highest BCUT2D eigenvalue weighted by Gasteiger charge is 2.09. The van der Waals surface area contributed by atoms with Gasteiger partial charge in [-0.05, 0) is 32.1 Å². The molecule has 1 atom stereocenters. The Bertz CT molecular complexity index is 133. The summed E-state index contributed by atoms with van der Waals surface area (Å²) in [5.41, 5.74) is 1.70. The second-order valence-corrected chi connectivity index (χ2v) is 3.72. The summed E-state index contributed by atoms with van der Waals surface area (Å²) < 4.78 is 0. The van der Waals surface area contributed by atoms with Crippen LogP contribution in [0.2, 0.25) is 0 Å². The van der Waals surface area contributed by atoms with E-state index in [0.717, 1.165) is 5.92 Å². The van der Waals surface area contributed by atoms with Gasteiger partial charge in [0.1, 0.15) is 0 Å². The van der Waals surface area contributed by atoms with Crippen molar-refractivity contribution < 1.29 is 0 Å². The van der Waals surface area contributed by atoms with Crippen molar-refractivity contribution in [3.63, 3.8) is 0 Å². The first-order chi connectivity index (χ1) is 5.34. The highest BCUT2D eigenvalue weighted by atomic mass is 14.2. The zero-order chi connectivity index (χ0) is 8.10. The highest BCUT2D eigenvalue weighted by molar-refractivity contribution is 5.04. The maximum Gasteiger partial charge on any atom is -0.0232 e. The zero-order valence-electron chi connectivity index (χ0n) is 7.90. The fourth-order valence-electron chi connectivity index (χ4n) is 1.99. The maximum absolute atomic E-state index is 2.38. The Hall–Kier alpha value is -0.260. The summed E-state index contributed by atoms with van der Waals surface area (Å²) in [6.07, 6.45) is 10.9. The first kappa shape index (κ1) is 8.83. The van der Waals surface area contributed by atoms with Crippen molar-refractivity contribution in [3.8, 4) is 0 Å². The molecule has 0 N–H and O–H groups in total. The molecule has 0 bridgehead atoms. The van der Waals surface area contributed by atoms with Gasteiger partial charge in [0.05, 0.1) is 0 Å². The molecular formula is C11H20. The lowest BCUT2D eigenvalue weighted by Crippen LogP contribution is -2.02. The van der Waals surface area contributed by atoms with Gasteiger partial charge in [0.25, 0.3) is 0 Å². The molecule has 11 heavy (non-hydrogen) atoms. The van der Waals surface area contributed by atoms with E-state index < -0.39 is 0 Å². The lowest BCUT2D eigenvalue weighted by molar-refractivity contribution is 0.485. The second-order valence-electron chi connectivity index (χ2n) is 3.72. The Morgan fingerprint density at radius 3 is 2.64 bits per heavy atom. The van der Waals surface area contributed by atoms with E-state index in [2.05, 4.69) is 19.9 Å². The summed E-state index contributed by atoms with van der Waals surface area (Å²) in [4.78, 5) is 0. The molecule has 0 radical (unpaired) electrons. The first-order valence-corrected chi connectivity index (χ1v) is 4.99. The van der Waals surface area contributed by atoms with Gasteiger partial charge in [0.15, 0.2) is 0 Å². The summed E-state index contributed by atoms with van der Waals surface area (Å²) in [6, 6.07) is 0. The Balaban J connectivity index is 2.46. The Kier molecular flexibility index (Phi) is 3.68. The molecule has 0 aromatic carbocycles. The molecule has 0 heterocycles. The minimum Gasteiger partial charge on any atom is -0.0882 e. The van der Waals surface area contributed by atoms with Crippen LogP contribution in [0.1, 0.15) is 52.4 Å². The summed E-state index contributed by atoms with van der Waals surface area (Å²) in [7, 11) is 0. The second kappa shape index (κ2) is 4.58. The molecule has 0 spiro atoms. The van der Waals surface area contributed by atoms with Gasteiger partial charge < -0.3 is 0 Å². The normalized spacial score (nSPS) is 31.5. The average Bonchev–Trinajstić information content (AvgIpc) is 1.98. The van der Waals surface area contributed by atoms with E-state index in [0.29, 0.717) is 0 Å². The van der Waals surface area contributed by atoms with Gasteiger partial charge >= 0.3 is 0 Å². The predicted molar refractivity (Wildman–Crippen MR) is 50.6 cm³/mol. The topological polar surface area (TPSA) is 0 Å². The Morgan fingerprint density at radius 2 is 1.91 bits per heavy atom. The standard InChI is InChI=1S/C11H20/c1-3-11-9-7-5-4-6-8-10(11)2/h3,10H,4-9H2,1-2H3. The fraction of sp³-hybridized carbons (Fsp3) is 0.818. The van der Waals surface area contributed by atoms with Gasteiger partial charge in [-0.1, -0.05) is 37.8 Å². The number of allylic oxidation sites excluding steroid dienone is 2. The maximum atomic E-state index is 2.38. The SMILES string of the molecule is CC=C1CCCCCCC1C. The minimum absolute atomic E-state index is 0.861. The molecule has 0 heteroatoms. The van der Waals surface area contributed by atoms with Crippen LogP contribution < -0.4 is 0 Å². The predicted octanol–water partition coefficient (Wildman–Crippen LogP) is 3.92. The summed E-state index contributed by atoms with van der Waals surface area (Å²) >= 11 is 0. The van der Waals surface area contributed by atoms with Gasteiger partial charge in [-0.15, -0.1) is 0 Å². The van der Waals surface area contributed by atoms with Crippen LogP contribution >= 0.6 is 0 Å². The van der Waals surface area contributed by atoms with Crippen LogP contribution in [0, 0.1) is 5.92 Å². The molecule has 1 unspecified atom stereocenters. The van der Waals surface area contributed by atoms with E-state index in [9.17, 15) is 0 Å². The molecule has 0 aromatic heterocycles. The van der Waals surface area contributed by atoms with Crippen LogP contribution in [-0.4, -0.2) is 0 Å². The summed E-state index contributed by atoms with van der Waals surface area (Å²) in [5, 5.41) is 0. The van der Waals surface area contributed by atoms with E-state index in [4.69, 9.17) is 0 Å². The van der Waals surface area contributed by atoms with Crippen molar-refractivity contribution in [2.24, 2.45) is 5.92 Å². The molecule has 0 nitrogen and oxygen atoms in total. The molecule has 1 fully saturated rings. The quantitative estimate of drug-likeness (QED) is 0.461. The van der Waals surface area contributed by atoms with E-state index in [-0.39, 0.29) is 0 Å². The third kappa shape index (κ3) is 2.69. The third-order valence-electron chi connectivity index (χ3n) is 2.86. The van der Waals surface area contributed by atoms with Crippen LogP contribution in [0.15, 0.2) is 11.6 Å². The van der Waals surface area contributed by atoms with Crippen LogP contribution in [0.4, 0.5) is 0 Å². The van der Waals surface area contributed by atoms with E-state index >= 15 is 0 Å². The lowest BCUT2D eigenvalue weighted by atomic mass is 9.88. The summed E-state index contributed by atoms with van der Waals surface area (Å²) in [6.45, 7) is 4.56.